The average molecular weight is 200 g/mol. The van der Waals surface area contributed by atoms with Gasteiger partial charge in [-0.1, -0.05) is 6.07 Å². The molecular formula is C8H12N2O2S. The van der Waals surface area contributed by atoms with Crippen LogP contribution in [0.4, 0.5) is 0 Å². The van der Waals surface area contributed by atoms with Gasteiger partial charge in [-0.25, -0.2) is 13.4 Å². The molecule has 0 unspecified atom stereocenters. The average Bonchev–Trinajstić information content (AvgIpc) is 2.04. The van der Waals surface area contributed by atoms with E-state index in [0.29, 0.717) is 12.1 Å². The molecule has 0 fully saturated rings. The van der Waals surface area contributed by atoms with Gasteiger partial charge in [0, 0.05) is 24.6 Å². The fraction of sp³-hybridized carbons (Fsp3) is 0.375. The van der Waals surface area contributed by atoms with E-state index in [4.69, 9.17) is 0 Å². The van der Waals surface area contributed by atoms with E-state index >= 15 is 0 Å². The number of hydrogen-bond donors (Lipinski definition) is 1. The van der Waals surface area contributed by atoms with Crippen molar-refractivity contribution in [2.45, 2.75) is 11.6 Å². The molecule has 0 aliphatic rings. The van der Waals surface area contributed by atoms with E-state index in [0.717, 1.165) is 6.26 Å². The van der Waals surface area contributed by atoms with Crippen LogP contribution < -0.4 is 5.32 Å². The fourth-order valence-electron chi connectivity index (χ4n) is 1.08. The number of hydrogen-bond acceptors (Lipinski definition) is 4. The van der Waals surface area contributed by atoms with Crippen LogP contribution in [0.25, 0.3) is 0 Å². The Morgan fingerprint density at radius 3 is 2.77 bits per heavy atom. The van der Waals surface area contributed by atoms with Crippen molar-refractivity contribution in [1.82, 2.24) is 10.3 Å². The summed E-state index contributed by atoms with van der Waals surface area (Å²) < 4.78 is 22.5. The maximum Gasteiger partial charge on any atom is 0.193 e. The number of sulfone groups is 1. The molecule has 1 aromatic rings. The second kappa shape index (κ2) is 3.85. The molecule has 1 aromatic heterocycles. The van der Waals surface area contributed by atoms with Crippen molar-refractivity contribution in [3.8, 4) is 0 Å². The van der Waals surface area contributed by atoms with Crippen LogP contribution in [0.15, 0.2) is 23.4 Å². The largest absolute Gasteiger partial charge is 0.316 e. The van der Waals surface area contributed by atoms with Gasteiger partial charge < -0.3 is 5.32 Å². The molecule has 72 valence electrons. The molecule has 1 heterocycles. The van der Waals surface area contributed by atoms with Gasteiger partial charge in [-0.05, 0) is 13.1 Å². The zero-order valence-electron chi connectivity index (χ0n) is 7.61. The molecule has 0 saturated carbocycles. The van der Waals surface area contributed by atoms with Crippen LogP contribution in [0, 0.1) is 0 Å². The quantitative estimate of drug-likeness (QED) is 0.757. The number of rotatable bonds is 3. The first kappa shape index (κ1) is 10.1. The van der Waals surface area contributed by atoms with Crippen molar-refractivity contribution in [1.29, 1.82) is 0 Å². The Morgan fingerprint density at radius 1 is 1.54 bits per heavy atom. The Morgan fingerprint density at radius 2 is 2.23 bits per heavy atom. The molecule has 0 aliphatic carbocycles. The van der Waals surface area contributed by atoms with E-state index in [2.05, 4.69) is 10.3 Å². The standard InChI is InChI=1S/C8H12N2O2S/c1-9-6-7-4-3-5-10-8(7)13(2,11)12/h3-5,9H,6H2,1-2H3. The predicted octanol–water partition coefficient (Wildman–Crippen LogP) is 0.205. The van der Waals surface area contributed by atoms with Crippen LogP contribution in [-0.2, 0) is 16.4 Å². The van der Waals surface area contributed by atoms with Gasteiger partial charge in [0.25, 0.3) is 0 Å². The summed E-state index contributed by atoms with van der Waals surface area (Å²) in [6.45, 7) is 0.510. The first-order chi connectivity index (χ1) is 6.05. The van der Waals surface area contributed by atoms with Crippen LogP contribution >= 0.6 is 0 Å². The monoisotopic (exact) mass is 200 g/mol. The first-order valence-corrected chi connectivity index (χ1v) is 5.73. The van der Waals surface area contributed by atoms with E-state index in [1.807, 2.05) is 0 Å². The van der Waals surface area contributed by atoms with E-state index < -0.39 is 9.84 Å². The van der Waals surface area contributed by atoms with E-state index in [1.54, 1.807) is 19.2 Å². The highest BCUT2D eigenvalue weighted by atomic mass is 32.2. The van der Waals surface area contributed by atoms with Gasteiger partial charge >= 0.3 is 0 Å². The number of aromatic nitrogens is 1. The SMILES string of the molecule is CNCc1cccnc1S(C)(=O)=O. The van der Waals surface area contributed by atoms with Crippen LogP contribution in [-0.4, -0.2) is 26.7 Å². The summed E-state index contributed by atoms with van der Waals surface area (Å²) in [6, 6.07) is 3.47. The lowest BCUT2D eigenvalue weighted by Crippen LogP contribution is -2.11. The third-order valence-corrected chi connectivity index (χ3v) is 2.64. The van der Waals surface area contributed by atoms with Crippen molar-refractivity contribution >= 4 is 9.84 Å². The van der Waals surface area contributed by atoms with Crippen molar-refractivity contribution in [2.24, 2.45) is 0 Å². The normalized spacial score (nSPS) is 11.5. The van der Waals surface area contributed by atoms with Gasteiger partial charge in [-0.15, -0.1) is 0 Å². The van der Waals surface area contributed by atoms with Crippen molar-refractivity contribution < 1.29 is 8.42 Å². The Bertz CT molecular complexity index is 387. The van der Waals surface area contributed by atoms with Gasteiger partial charge in [0.15, 0.2) is 14.9 Å². The van der Waals surface area contributed by atoms with Gasteiger partial charge in [-0.3, -0.25) is 0 Å². The maximum atomic E-state index is 11.2. The smallest absolute Gasteiger partial charge is 0.193 e. The summed E-state index contributed by atoms with van der Waals surface area (Å²) >= 11 is 0. The molecule has 0 aliphatic heterocycles. The second-order valence-electron chi connectivity index (χ2n) is 2.77. The van der Waals surface area contributed by atoms with Crippen molar-refractivity contribution in [3.63, 3.8) is 0 Å². The molecule has 0 bridgehead atoms. The van der Waals surface area contributed by atoms with Crippen LogP contribution in [0.2, 0.25) is 0 Å². The summed E-state index contributed by atoms with van der Waals surface area (Å²) in [5.74, 6) is 0. The van der Waals surface area contributed by atoms with E-state index in [9.17, 15) is 8.42 Å². The second-order valence-corrected chi connectivity index (χ2v) is 4.70. The Hall–Kier alpha value is -0.940. The highest BCUT2D eigenvalue weighted by Gasteiger charge is 2.12. The molecule has 1 N–H and O–H groups in total. The van der Waals surface area contributed by atoms with Gasteiger partial charge in [0.1, 0.15) is 0 Å². The zero-order valence-corrected chi connectivity index (χ0v) is 8.43. The summed E-state index contributed by atoms with van der Waals surface area (Å²) in [4.78, 5) is 3.84. The van der Waals surface area contributed by atoms with Gasteiger partial charge in [0.2, 0.25) is 0 Å². The lowest BCUT2D eigenvalue weighted by atomic mass is 10.3. The van der Waals surface area contributed by atoms with Crippen molar-refractivity contribution in [2.75, 3.05) is 13.3 Å². The molecular weight excluding hydrogens is 188 g/mol. The molecule has 0 radical (unpaired) electrons. The maximum absolute atomic E-state index is 11.2. The number of pyridine rings is 1. The topological polar surface area (TPSA) is 59.1 Å². The molecule has 5 heteroatoms. The Labute approximate surface area is 77.9 Å². The lowest BCUT2D eigenvalue weighted by molar-refractivity contribution is 0.595. The van der Waals surface area contributed by atoms with Crippen LogP contribution in [0.1, 0.15) is 5.56 Å². The molecule has 0 atom stereocenters. The molecule has 13 heavy (non-hydrogen) atoms. The minimum absolute atomic E-state index is 0.157. The lowest BCUT2D eigenvalue weighted by Gasteiger charge is -2.04. The molecule has 4 nitrogen and oxygen atoms in total. The number of nitrogens with zero attached hydrogens (tertiary/aromatic N) is 1. The third kappa shape index (κ3) is 2.50. The summed E-state index contributed by atoms with van der Waals surface area (Å²) in [5, 5.41) is 3.05. The predicted molar refractivity (Wildman–Crippen MR) is 50.1 cm³/mol. The van der Waals surface area contributed by atoms with E-state index in [-0.39, 0.29) is 5.03 Å². The summed E-state index contributed by atoms with van der Waals surface area (Å²) in [6.07, 6.45) is 2.64. The van der Waals surface area contributed by atoms with Crippen LogP contribution in [0.5, 0.6) is 0 Å². The third-order valence-electron chi connectivity index (χ3n) is 1.57. The summed E-state index contributed by atoms with van der Waals surface area (Å²) in [7, 11) is -1.44. The van der Waals surface area contributed by atoms with Gasteiger partial charge in [0.05, 0.1) is 0 Å². The Kier molecular flexibility index (Phi) is 3.00. The molecule has 0 saturated heterocycles. The molecule has 1 rings (SSSR count). The highest BCUT2D eigenvalue weighted by molar-refractivity contribution is 7.90. The van der Waals surface area contributed by atoms with Crippen molar-refractivity contribution in [3.05, 3.63) is 23.9 Å². The zero-order chi connectivity index (χ0) is 9.90. The molecule has 0 amide bonds. The van der Waals surface area contributed by atoms with E-state index in [1.165, 1.54) is 6.20 Å². The van der Waals surface area contributed by atoms with Gasteiger partial charge in [-0.2, -0.15) is 0 Å². The molecule has 0 aromatic carbocycles. The first-order valence-electron chi connectivity index (χ1n) is 3.84. The number of nitrogens with one attached hydrogen (secondary N) is 1. The Balaban J connectivity index is 3.20. The highest BCUT2D eigenvalue weighted by Crippen LogP contribution is 2.10. The summed E-state index contributed by atoms with van der Waals surface area (Å²) in [5.41, 5.74) is 0.701. The minimum atomic E-state index is -3.21. The minimum Gasteiger partial charge on any atom is -0.316 e. The fourth-order valence-corrected chi connectivity index (χ4v) is 1.95. The molecule has 0 spiro atoms. The van der Waals surface area contributed by atoms with Crippen LogP contribution in [0.3, 0.4) is 0 Å².